The zero-order valence-corrected chi connectivity index (χ0v) is 80.8. The SMILES string of the molecule is Cc1c(-c2cc3ccccc3c[n+]2C)n(-c2c(C(C)C)cc(-c3ccccc3)cc2C(C)C)c2ccccc12.Cc1c(-c2cc3ccccc3c[n+]2C)n(-c2c(C(C)C)cccc2C(C)C)c2ccccc12.Cc1c(-c2cc3ccccc3c[n+]2C)n(-c2ccccc2C(C)C)c2ccccc12.Cc1cc(C)c(-n2c(-c3cc4ccccc4c[n+]3C)c(C)c3ccccc32)c(C)c1. The molecule has 8 nitrogen and oxygen atoms in total. The summed E-state index contributed by atoms with van der Waals surface area (Å²) in [7, 11) is 8.64. The summed E-state index contributed by atoms with van der Waals surface area (Å²) >= 11 is 0. The summed E-state index contributed by atoms with van der Waals surface area (Å²) < 4.78 is 19.1. The van der Waals surface area contributed by atoms with Crippen molar-refractivity contribution in [2.45, 2.75) is 147 Å². The van der Waals surface area contributed by atoms with Crippen LogP contribution < -0.4 is 18.3 Å². The fourth-order valence-electron chi connectivity index (χ4n) is 21.0. The van der Waals surface area contributed by atoms with E-state index in [0.717, 1.165) is 0 Å². The molecule has 656 valence electrons. The van der Waals surface area contributed by atoms with Gasteiger partial charge in [-0.2, -0.15) is 18.3 Å². The molecule has 13 aromatic carbocycles. The van der Waals surface area contributed by atoms with E-state index in [0.29, 0.717) is 29.6 Å². The van der Waals surface area contributed by atoms with Gasteiger partial charge in [0.05, 0.1) is 39.1 Å². The second-order valence-electron chi connectivity index (χ2n) is 38.1. The van der Waals surface area contributed by atoms with Crippen molar-refractivity contribution in [1.29, 1.82) is 0 Å². The van der Waals surface area contributed by atoms with Crippen LogP contribution in [0.1, 0.15) is 166 Å². The Bertz CT molecular complexity index is 7930. The highest BCUT2D eigenvalue weighted by atomic mass is 15.1. The molecule has 0 atom stereocenters. The summed E-state index contributed by atoms with van der Waals surface area (Å²) in [5.74, 6) is 2.03. The molecule has 0 saturated carbocycles. The van der Waals surface area contributed by atoms with Crippen molar-refractivity contribution >= 4 is 86.7 Å². The number of nitrogens with zero attached hydrogens (tertiary/aromatic N) is 8. The van der Waals surface area contributed by atoms with E-state index in [2.05, 4.69) is 523 Å². The highest BCUT2D eigenvalue weighted by Crippen LogP contribution is 2.47. The van der Waals surface area contributed by atoms with Gasteiger partial charge in [0, 0.05) is 73.0 Å². The summed E-state index contributed by atoms with van der Waals surface area (Å²) in [5.41, 5.74) is 38.9. The first kappa shape index (κ1) is 88.3. The average molecular weight is 1730 g/mol. The number of hydrogen-bond acceptors (Lipinski definition) is 0. The molecule has 132 heavy (non-hydrogen) atoms. The van der Waals surface area contributed by atoms with Crippen LogP contribution in [0.25, 0.3) is 166 Å². The van der Waals surface area contributed by atoms with Gasteiger partial charge in [-0.1, -0.05) is 299 Å². The monoisotopic (exact) mass is 1720 g/mol. The zero-order chi connectivity index (χ0) is 92.4. The first-order valence-electron chi connectivity index (χ1n) is 47.2. The van der Waals surface area contributed by atoms with Gasteiger partial charge in [-0.25, -0.2) is 0 Å². The molecule has 0 aliphatic heterocycles. The summed E-state index contributed by atoms with van der Waals surface area (Å²) in [6.45, 7) is 38.7. The molecule has 0 aliphatic rings. The Morgan fingerprint density at radius 2 is 0.470 bits per heavy atom. The van der Waals surface area contributed by atoms with Gasteiger partial charge in [-0.05, 0) is 239 Å². The highest BCUT2D eigenvalue weighted by Gasteiger charge is 2.33. The van der Waals surface area contributed by atoms with Crippen LogP contribution in [0.15, 0.2) is 340 Å². The van der Waals surface area contributed by atoms with E-state index in [9.17, 15) is 0 Å². The standard InChI is InChI=1S/C37H37N2.C31H33N2.2C28H27N2/c1-24(2)32-20-30(27-14-8-7-9-15-27)21-33(25(3)4)37(32)39-34-19-13-12-18-31(34)26(5)36(39)35-22-28-16-10-11-17-29(28)23-38(35)6;1-20(2)25-15-11-16-26(21(3)4)31(25)33-28-17-10-9-14-27(28)22(5)30(33)29-18-23-12-7-8-13-24(23)19-32(29)6;1-18-14-19(2)27(20(3)15-18)30-25-13-9-8-12-24(25)21(4)28(30)26-16-22-10-6-7-11-23(22)17-29(26)5;1-19(2)23-13-7-9-15-25(23)30-26-16-10-8-14-24(26)20(3)28(30)27-17-21-11-5-6-12-22(21)18-29(27)4/h7-25H,1-6H3;7-21H,1-6H3;6-17H,1-5H3;5-19H,1-4H3/q4*+1. The normalized spacial score (nSPS) is 11.7. The van der Waals surface area contributed by atoms with Crippen molar-refractivity contribution < 1.29 is 18.3 Å². The van der Waals surface area contributed by atoms with Gasteiger partial charge in [0.25, 0.3) is 0 Å². The van der Waals surface area contributed by atoms with Crippen molar-refractivity contribution in [2.24, 2.45) is 28.2 Å². The molecule has 0 fully saturated rings. The quantitative estimate of drug-likeness (QED) is 0.0973. The predicted octanol–water partition coefficient (Wildman–Crippen LogP) is 30.5. The number of hydrogen-bond donors (Lipinski definition) is 0. The van der Waals surface area contributed by atoms with Crippen LogP contribution in [0, 0.1) is 48.5 Å². The molecule has 0 aliphatic carbocycles. The van der Waals surface area contributed by atoms with Gasteiger partial charge in [0.2, 0.25) is 22.8 Å². The van der Waals surface area contributed by atoms with Gasteiger partial charge in [0.1, 0.15) is 51.0 Å². The molecular formula is C124H124N8+4. The van der Waals surface area contributed by atoms with Crippen molar-refractivity contribution in [3.63, 3.8) is 0 Å². The lowest BCUT2D eigenvalue weighted by Crippen LogP contribution is -2.31. The fourth-order valence-corrected chi connectivity index (χ4v) is 21.0. The van der Waals surface area contributed by atoms with Crippen LogP contribution in [0.2, 0.25) is 0 Å². The third-order valence-corrected chi connectivity index (χ3v) is 27.5. The first-order valence-corrected chi connectivity index (χ1v) is 47.2. The maximum atomic E-state index is 2.56. The highest BCUT2D eigenvalue weighted by molar-refractivity contribution is 6.00. The van der Waals surface area contributed by atoms with E-state index in [1.54, 1.807) is 0 Å². The lowest BCUT2D eigenvalue weighted by molar-refractivity contribution is -0.659. The van der Waals surface area contributed by atoms with E-state index in [1.807, 2.05) is 0 Å². The van der Waals surface area contributed by atoms with Gasteiger partial charge < -0.3 is 18.3 Å². The van der Waals surface area contributed by atoms with E-state index in [1.165, 1.54) is 233 Å². The van der Waals surface area contributed by atoms with Crippen LogP contribution in [0.4, 0.5) is 0 Å². The Labute approximate surface area is 779 Å². The summed E-state index contributed by atoms with van der Waals surface area (Å²) in [5, 5.41) is 15.3. The van der Waals surface area contributed by atoms with Crippen molar-refractivity contribution in [2.75, 3.05) is 0 Å². The minimum Gasteiger partial charge on any atom is -0.304 e. The number of benzene rings is 13. The maximum Gasteiger partial charge on any atom is 0.230 e. The minimum absolute atomic E-state index is 0.362. The molecule has 8 heteroatoms. The Kier molecular flexibility index (Phi) is 24.4. The molecule has 21 aromatic rings. The van der Waals surface area contributed by atoms with Crippen LogP contribution in [-0.2, 0) is 28.2 Å². The Morgan fingerprint density at radius 1 is 0.212 bits per heavy atom. The number of aryl methyl sites for hydroxylation is 11. The molecule has 0 unspecified atom stereocenters. The van der Waals surface area contributed by atoms with Crippen LogP contribution in [-0.4, -0.2) is 18.3 Å². The third kappa shape index (κ3) is 16.2. The number of fused-ring (bicyclic) bond motifs is 8. The maximum absolute atomic E-state index is 2.56. The molecule has 0 spiro atoms. The first-order chi connectivity index (χ1) is 63.7. The second kappa shape index (κ2) is 36.5. The van der Waals surface area contributed by atoms with Gasteiger partial charge in [-0.3, -0.25) is 0 Å². The second-order valence-corrected chi connectivity index (χ2v) is 38.1. The molecular weight excluding hydrogens is 1600 g/mol. The number of aromatic nitrogens is 8. The van der Waals surface area contributed by atoms with Gasteiger partial charge >= 0.3 is 0 Å². The smallest absolute Gasteiger partial charge is 0.230 e. The van der Waals surface area contributed by atoms with Crippen LogP contribution in [0.3, 0.4) is 0 Å². The summed E-state index contributed by atoms with van der Waals surface area (Å²) in [6.07, 6.45) is 8.99. The van der Waals surface area contributed by atoms with Gasteiger partial charge in [0.15, 0.2) is 24.8 Å². The number of rotatable bonds is 14. The van der Waals surface area contributed by atoms with Crippen molar-refractivity contribution in [3.05, 3.63) is 407 Å². The molecule has 0 bridgehead atoms. The Morgan fingerprint density at radius 3 is 0.803 bits per heavy atom. The zero-order valence-electron chi connectivity index (χ0n) is 80.8. The largest absolute Gasteiger partial charge is 0.304 e. The van der Waals surface area contributed by atoms with E-state index >= 15 is 0 Å². The minimum atomic E-state index is 0.362. The van der Waals surface area contributed by atoms with Crippen LogP contribution >= 0.6 is 0 Å². The van der Waals surface area contributed by atoms with E-state index < -0.39 is 0 Å². The van der Waals surface area contributed by atoms with E-state index in [-0.39, 0.29) is 0 Å². The topological polar surface area (TPSA) is 35.2 Å². The van der Waals surface area contributed by atoms with Gasteiger partial charge in [-0.15, -0.1) is 0 Å². The summed E-state index contributed by atoms with van der Waals surface area (Å²) in [4.78, 5) is 0. The molecule has 21 rings (SSSR count). The molecule has 0 saturated heterocycles. The number of para-hydroxylation sites is 6. The molecule has 8 heterocycles. The number of pyridine rings is 4. The third-order valence-electron chi connectivity index (χ3n) is 27.5. The molecule has 8 aromatic heterocycles. The van der Waals surface area contributed by atoms with Crippen molar-refractivity contribution in [1.82, 2.24) is 18.3 Å². The predicted molar refractivity (Wildman–Crippen MR) is 559 cm³/mol. The molecule has 0 radical (unpaired) electrons. The molecule has 0 N–H and O–H groups in total. The Hall–Kier alpha value is -14.3. The lowest BCUT2D eigenvalue weighted by Gasteiger charge is -2.24. The van der Waals surface area contributed by atoms with Crippen LogP contribution in [0.5, 0.6) is 0 Å². The Balaban J connectivity index is 0.000000119. The van der Waals surface area contributed by atoms with Crippen molar-refractivity contribution in [3.8, 4) is 79.4 Å². The molecule has 0 amide bonds. The lowest BCUT2D eigenvalue weighted by atomic mass is 9.88. The fraction of sp³-hybridized carbons (Fsp3) is 0.210. The average Bonchev–Trinajstić information content (AvgIpc) is 1.59. The van der Waals surface area contributed by atoms with E-state index in [4.69, 9.17) is 0 Å². The summed E-state index contributed by atoms with van der Waals surface area (Å²) in [6, 6.07) is 115.